The molecular formula is C17H19NO2S. The Kier molecular flexibility index (Phi) is 4.58. The van der Waals surface area contributed by atoms with Crippen molar-refractivity contribution in [2.24, 2.45) is 0 Å². The number of aryl methyl sites for hydroxylation is 3. The minimum Gasteiger partial charge on any atom is -0.465 e. The molecule has 0 aliphatic rings. The summed E-state index contributed by atoms with van der Waals surface area (Å²) in [5.74, 6) is -0.404. The highest BCUT2D eigenvalue weighted by Gasteiger charge is 2.14. The molecule has 110 valence electrons. The summed E-state index contributed by atoms with van der Waals surface area (Å²) in [6.45, 7) is 6.04. The molecule has 0 atom stereocenters. The first-order valence-corrected chi connectivity index (χ1v) is 7.47. The summed E-state index contributed by atoms with van der Waals surface area (Å²) >= 11 is 1.63. The van der Waals surface area contributed by atoms with E-state index in [4.69, 9.17) is 10.5 Å². The number of hydrogen-bond donors (Lipinski definition) is 1. The molecule has 0 bridgehead atoms. The summed E-state index contributed by atoms with van der Waals surface area (Å²) in [4.78, 5) is 14.0. The largest absolute Gasteiger partial charge is 0.465 e. The molecule has 3 nitrogen and oxygen atoms in total. The van der Waals surface area contributed by atoms with Gasteiger partial charge in [0.1, 0.15) is 0 Å². The molecule has 0 aliphatic heterocycles. The number of methoxy groups -OCH3 is 1. The number of benzene rings is 2. The van der Waals surface area contributed by atoms with Crippen molar-refractivity contribution in [1.82, 2.24) is 0 Å². The van der Waals surface area contributed by atoms with Gasteiger partial charge in [0, 0.05) is 15.5 Å². The van der Waals surface area contributed by atoms with Crippen LogP contribution in [0.3, 0.4) is 0 Å². The van der Waals surface area contributed by atoms with Gasteiger partial charge in [-0.25, -0.2) is 4.79 Å². The molecule has 0 radical (unpaired) electrons. The van der Waals surface area contributed by atoms with Crippen LogP contribution in [0.25, 0.3) is 0 Å². The molecule has 4 heteroatoms. The highest BCUT2D eigenvalue weighted by molar-refractivity contribution is 7.99. The fraction of sp³-hybridized carbons (Fsp3) is 0.235. The van der Waals surface area contributed by atoms with Gasteiger partial charge in [-0.15, -0.1) is 0 Å². The number of ether oxygens (including phenoxy) is 1. The van der Waals surface area contributed by atoms with Crippen LogP contribution >= 0.6 is 11.8 Å². The maximum absolute atomic E-state index is 11.8. The Labute approximate surface area is 129 Å². The summed E-state index contributed by atoms with van der Waals surface area (Å²) in [5.41, 5.74) is 10.2. The first-order valence-electron chi connectivity index (χ1n) is 6.66. The summed E-state index contributed by atoms with van der Waals surface area (Å²) < 4.78 is 4.79. The van der Waals surface area contributed by atoms with Gasteiger partial charge in [-0.2, -0.15) is 0 Å². The molecule has 0 aliphatic carbocycles. The fourth-order valence-corrected chi connectivity index (χ4v) is 3.19. The molecule has 0 fully saturated rings. The van der Waals surface area contributed by atoms with Crippen LogP contribution < -0.4 is 5.73 Å². The Balaban J connectivity index is 2.43. The van der Waals surface area contributed by atoms with Crippen molar-refractivity contribution in [2.45, 2.75) is 30.6 Å². The van der Waals surface area contributed by atoms with Gasteiger partial charge < -0.3 is 10.5 Å². The van der Waals surface area contributed by atoms with Gasteiger partial charge in [-0.1, -0.05) is 23.9 Å². The maximum atomic E-state index is 11.8. The van der Waals surface area contributed by atoms with E-state index in [9.17, 15) is 4.79 Å². The first kappa shape index (κ1) is 15.4. The SMILES string of the molecule is COC(=O)c1cc(Sc2cc(C)ccc2C)cc(C)c1N. The molecule has 0 heterocycles. The van der Waals surface area contributed by atoms with Crippen LogP contribution in [0.15, 0.2) is 40.1 Å². The van der Waals surface area contributed by atoms with E-state index in [0.29, 0.717) is 11.3 Å². The molecule has 0 saturated heterocycles. The van der Waals surface area contributed by atoms with Crippen molar-refractivity contribution >= 4 is 23.4 Å². The number of rotatable bonds is 3. The minimum atomic E-state index is -0.404. The second kappa shape index (κ2) is 6.22. The highest BCUT2D eigenvalue weighted by Crippen LogP contribution is 2.34. The van der Waals surface area contributed by atoms with E-state index < -0.39 is 5.97 Å². The smallest absolute Gasteiger partial charge is 0.340 e. The molecule has 0 spiro atoms. The summed E-state index contributed by atoms with van der Waals surface area (Å²) in [7, 11) is 1.36. The van der Waals surface area contributed by atoms with E-state index in [1.54, 1.807) is 17.8 Å². The second-order valence-electron chi connectivity index (χ2n) is 5.06. The van der Waals surface area contributed by atoms with Crippen LogP contribution in [0.4, 0.5) is 5.69 Å². The molecule has 0 amide bonds. The predicted molar refractivity (Wildman–Crippen MR) is 87.0 cm³/mol. The van der Waals surface area contributed by atoms with Crippen molar-refractivity contribution in [3.63, 3.8) is 0 Å². The van der Waals surface area contributed by atoms with E-state index in [2.05, 4.69) is 32.0 Å². The lowest BCUT2D eigenvalue weighted by Crippen LogP contribution is -2.07. The third-order valence-corrected chi connectivity index (χ3v) is 4.47. The van der Waals surface area contributed by atoms with E-state index >= 15 is 0 Å². The predicted octanol–water partition coefficient (Wildman–Crippen LogP) is 4.13. The number of hydrogen-bond acceptors (Lipinski definition) is 4. The number of carbonyl (C=O) groups is 1. The highest BCUT2D eigenvalue weighted by atomic mass is 32.2. The summed E-state index contributed by atoms with van der Waals surface area (Å²) in [5, 5.41) is 0. The van der Waals surface area contributed by atoms with Gasteiger partial charge in [0.25, 0.3) is 0 Å². The third-order valence-electron chi connectivity index (χ3n) is 3.34. The molecule has 2 rings (SSSR count). The van der Waals surface area contributed by atoms with E-state index in [1.807, 2.05) is 13.0 Å². The lowest BCUT2D eigenvalue weighted by molar-refractivity contribution is 0.0601. The van der Waals surface area contributed by atoms with Crippen LogP contribution in [0.1, 0.15) is 27.0 Å². The van der Waals surface area contributed by atoms with Crippen LogP contribution in [0.2, 0.25) is 0 Å². The molecule has 2 aromatic rings. The average Bonchev–Trinajstić information content (AvgIpc) is 2.45. The average molecular weight is 301 g/mol. The van der Waals surface area contributed by atoms with E-state index in [0.717, 1.165) is 10.5 Å². The molecule has 0 unspecified atom stereocenters. The normalized spacial score (nSPS) is 10.5. The Bertz CT molecular complexity index is 695. The number of anilines is 1. The topological polar surface area (TPSA) is 52.3 Å². The summed E-state index contributed by atoms with van der Waals surface area (Å²) in [6, 6.07) is 10.1. The molecular weight excluding hydrogens is 282 g/mol. The standard InChI is InChI=1S/C17H19NO2S/c1-10-5-6-11(2)15(7-10)21-13-8-12(3)16(18)14(9-13)17(19)20-4/h5-9H,18H2,1-4H3. The number of carbonyl (C=O) groups excluding carboxylic acids is 1. The van der Waals surface area contributed by atoms with Gasteiger partial charge in [0.05, 0.1) is 12.7 Å². The first-order chi connectivity index (χ1) is 9.92. The van der Waals surface area contributed by atoms with Gasteiger partial charge >= 0.3 is 5.97 Å². The van der Waals surface area contributed by atoms with Crippen LogP contribution in [-0.4, -0.2) is 13.1 Å². The molecule has 0 saturated carbocycles. The van der Waals surface area contributed by atoms with Gasteiger partial charge in [-0.3, -0.25) is 0 Å². The number of esters is 1. The zero-order valence-corrected chi connectivity index (χ0v) is 13.5. The van der Waals surface area contributed by atoms with Crippen LogP contribution in [0.5, 0.6) is 0 Å². The number of nitrogens with two attached hydrogens (primary N) is 1. The van der Waals surface area contributed by atoms with Gasteiger partial charge in [0.15, 0.2) is 0 Å². The monoisotopic (exact) mass is 301 g/mol. The molecule has 21 heavy (non-hydrogen) atoms. The van der Waals surface area contributed by atoms with Gasteiger partial charge in [-0.05, 0) is 55.7 Å². The molecule has 2 aromatic carbocycles. The van der Waals surface area contributed by atoms with Crippen molar-refractivity contribution in [2.75, 3.05) is 12.8 Å². The lowest BCUT2D eigenvalue weighted by Gasteiger charge is -2.12. The fourth-order valence-electron chi connectivity index (χ4n) is 2.05. The van der Waals surface area contributed by atoms with Gasteiger partial charge in [0.2, 0.25) is 0 Å². The Hall–Kier alpha value is -1.94. The summed E-state index contributed by atoms with van der Waals surface area (Å²) in [6.07, 6.45) is 0. The number of nitrogen functional groups attached to an aromatic ring is 1. The Morgan fingerprint density at radius 3 is 2.48 bits per heavy atom. The van der Waals surface area contributed by atoms with Crippen molar-refractivity contribution in [3.8, 4) is 0 Å². The van der Waals surface area contributed by atoms with Crippen molar-refractivity contribution in [1.29, 1.82) is 0 Å². The quantitative estimate of drug-likeness (QED) is 0.684. The second-order valence-corrected chi connectivity index (χ2v) is 6.18. The van der Waals surface area contributed by atoms with E-state index in [1.165, 1.54) is 23.1 Å². The Morgan fingerprint density at radius 1 is 1.10 bits per heavy atom. The van der Waals surface area contributed by atoms with Crippen LogP contribution in [-0.2, 0) is 4.74 Å². The minimum absolute atomic E-state index is 0.404. The van der Waals surface area contributed by atoms with Crippen molar-refractivity contribution in [3.05, 3.63) is 52.6 Å². The van der Waals surface area contributed by atoms with Crippen molar-refractivity contribution < 1.29 is 9.53 Å². The Morgan fingerprint density at radius 2 is 1.81 bits per heavy atom. The lowest BCUT2D eigenvalue weighted by atomic mass is 10.1. The maximum Gasteiger partial charge on any atom is 0.340 e. The third kappa shape index (κ3) is 3.39. The van der Waals surface area contributed by atoms with Crippen LogP contribution in [0, 0.1) is 20.8 Å². The van der Waals surface area contributed by atoms with E-state index in [-0.39, 0.29) is 0 Å². The zero-order valence-electron chi connectivity index (χ0n) is 12.7. The zero-order chi connectivity index (χ0) is 15.6. The molecule has 2 N–H and O–H groups in total. The molecule has 0 aromatic heterocycles.